The van der Waals surface area contributed by atoms with Crippen molar-refractivity contribution in [2.45, 2.75) is 6.42 Å². The maximum absolute atomic E-state index is 5.56. The van der Waals surface area contributed by atoms with Crippen LogP contribution in [0, 0.1) is 0 Å². The van der Waals surface area contributed by atoms with E-state index in [9.17, 15) is 0 Å². The zero-order chi connectivity index (χ0) is 12.3. The van der Waals surface area contributed by atoms with Crippen LogP contribution in [0.2, 0.25) is 0 Å². The topological polar surface area (TPSA) is 53.1 Å². The third kappa shape index (κ3) is 2.31. The second-order valence-corrected chi connectivity index (χ2v) is 3.90. The molecule has 1 aromatic heterocycles. The fraction of sp³-hybridized carbons (Fsp3) is 0.308. The fourth-order valence-corrected chi connectivity index (χ4v) is 1.86. The maximum Gasteiger partial charge on any atom is 0.139 e. The Kier molecular flexibility index (Phi) is 3.44. The van der Waals surface area contributed by atoms with Crippen molar-refractivity contribution in [3.63, 3.8) is 0 Å². The Morgan fingerprint density at radius 1 is 1.41 bits per heavy atom. The van der Waals surface area contributed by atoms with E-state index in [1.54, 1.807) is 7.11 Å². The zero-order valence-electron chi connectivity index (χ0n) is 10.2. The molecule has 0 unspecified atom stereocenters. The second kappa shape index (κ2) is 5.01. The quantitative estimate of drug-likeness (QED) is 0.869. The molecule has 90 valence electrons. The number of methoxy groups -OCH3 is 1. The highest BCUT2D eigenvalue weighted by Crippen LogP contribution is 2.23. The normalized spacial score (nSPS) is 10.5. The fourth-order valence-electron chi connectivity index (χ4n) is 1.86. The van der Waals surface area contributed by atoms with Crippen molar-refractivity contribution in [1.82, 2.24) is 9.55 Å². The number of hydrogen-bond donors (Lipinski definition) is 1. The molecule has 2 rings (SSSR count). The Balaban J connectivity index is 2.38. The summed E-state index contributed by atoms with van der Waals surface area (Å²) in [6.07, 6.45) is 2.72. The summed E-state index contributed by atoms with van der Waals surface area (Å²) in [5.74, 6) is 1.78. The Hall–Kier alpha value is -1.81. The molecule has 2 N–H and O–H groups in total. The van der Waals surface area contributed by atoms with Gasteiger partial charge in [0.25, 0.3) is 0 Å². The highest BCUT2D eigenvalue weighted by molar-refractivity contribution is 5.58. The average Bonchev–Trinajstić information content (AvgIpc) is 2.72. The molecule has 0 radical (unpaired) electrons. The maximum atomic E-state index is 5.56. The van der Waals surface area contributed by atoms with Crippen LogP contribution in [0.1, 0.15) is 5.69 Å². The molecule has 0 bridgehead atoms. The molecule has 4 heteroatoms. The molecule has 17 heavy (non-hydrogen) atoms. The molecular weight excluding hydrogens is 214 g/mol. The van der Waals surface area contributed by atoms with Gasteiger partial charge in [-0.1, -0.05) is 12.1 Å². The van der Waals surface area contributed by atoms with Crippen molar-refractivity contribution < 1.29 is 4.74 Å². The van der Waals surface area contributed by atoms with Gasteiger partial charge in [0.15, 0.2) is 0 Å². The summed E-state index contributed by atoms with van der Waals surface area (Å²) >= 11 is 0. The van der Waals surface area contributed by atoms with Gasteiger partial charge >= 0.3 is 0 Å². The number of ether oxygens (including phenoxy) is 1. The first kappa shape index (κ1) is 11.7. The molecule has 0 atom stereocenters. The van der Waals surface area contributed by atoms with E-state index < -0.39 is 0 Å². The molecular formula is C13H17N3O. The van der Waals surface area contributed by atoms with Crippen LogP contribution < -0.4 is 10.5 Å². The van der Waals surface area contributed by atoms with Crippen molar-refractivity contribution in [3.05, 3.63) is 36.2 Å². The molecule has 0 spiro atoms. The van der Waals surface area contributed by atoms with Gasteiger partial charge in [0.05, 0.1) is 7.11 Å². The van der Waals surface area contributed by atoms with Crippen LogP contribution in [0.15, 0.2) is 30.5 Å². The van der Waals surface area contributed by atoms with Gasteiger partial charge in [0, 0.05) is 30.9 Å². The first-order valence-corrected chi connectivity index (χ1v) is 5.61. The third-order valence-electron chi connectivity index (χ3n) is 2.81. The summed E-state index contributed by atoms with van der Waals surface area (Å²) in [5, 5.41) is 0. The number of nitrogens with two attached hydrogens (primary N) is 1. The number of nitrogens with zero attached hydrogens (tertiary/aromatic N) is 2. The van der Waals surface area contributed by atoms with Gasteiger partial charge in [0.1, 0.15) is 11.6 Å². The monoisotopic (exact) mass is 231 g/mol. The summed E-state index contributed by atoms with van der Waals surface area (Å²) in [7, 11) is 3.67. The Bertz CT molecular complexity index is 505. The van der Waals surface area contributed by atoms with Gasteiger partial charge < -0.3 is 15.0 Å². The minimum absolute atomic E-state index is 0.636. The molecule has 0 saturated carbocycles. The Labute approximate surface area is 101 Å². The van der Waals surface area contributed by atoms with E-state index in [4.69, 9.17) is 10.5 Å². The average molecular weight is 231 g/mol. The van der Waals surface area contributed by atoms with Crippen LogP contribution in [0.5, 0.6) is 5.75 Å². The van der Waals surface area contributed by atoms with Gasteiger partial charge in [-0.2, -0.15) is 0 Å². The molecule has 4 nitrogen and oxygen atoms in total. The van der Waals surface area contributed by atoms with E-state index in [0.717, 1.165) is 29.3 Å². The standard InChI is InChI=1S/C13H17N3O/c1-16-11(6-7-14)9-15-13(16)10-4-3-5-12(8-10)17-2/h3-5,8-9H,6-7,14H2,1-2H3. The SMILES string of the molecule is COc1cccc(-c2ncc(CCN)n2C)c1. The van der Waals surface area contributed by atoms with E-state index >= 15 is 0 Å². The molecule has 1 heterocycles. The van der Waals surface area contributed by atoms with Crippen LogP contribution in [-0.4, -0.2) is 23.2 Å². The minimum Gasteiger partial charge on any atom is -0.497 e. The molecule has 1 aromatic carbocycles. The smallest absolute Gasteiger partial charge is 0.139 e. The zero-order valence-corrected chi connectivity index (χ0v) is 10.2. The van der Waals surface area contributed by atoms with Gasteiger partial charge in [-0.3, -0.25) is 0 Å². The summed E-state index contributed by atoms with van der Waals surface area (Å²) in [6.45, 7) is 0.636. The highest BCUT2D eigenvalue weighted by Gasteiger charge is 2.08. The van der Waals surface area contributed by atoms with Gasteiger partial charge in [-0.15, -0.1) is 0 Å². The van der Waals surface area contributed by atoms with Crippen LogP contribution >= 0.6 is 0 Å². The van der Waals surface area contributed by atoms with E-state index in [1.807, 2.05) is 37.5 Å². The first-order valence-electron chi connectivity index (χ1n) is 5.61. The van der Waals surface area contributed by atoms with E-state index in [1.165, 1.54) is 0 Å². The molecule has 0 amide bonds. The lowest BCUT2D eigenvalue weighted by Crippen LogP contribution is -2.07. The third-order valence-corrected chi connectivity index (χ3v) is 2.81. The number of imidazole rings is 1. The van der Waals surface area contributed by atoms with Crippen LogP contribution in [0.25, 0.3) is 11.4 Å². The van der Waals surface area contributed by atoms with Gasteiger partial charge in [-0.05, 0) is 18.7 Å². The first-order chi connectivity index (χ1) is 8.26. The number of aromatic nitrogens is 2. The van der Waals surface area contributed by atoms with Crippen molar-refractivity contribution in [1.29, 1.82) is 0 Å². The lowest BCUT2D eigenvalue weighted by atomic mass is 10.2. The summed E-state index contributed by atoms with van der Waals surface area (Å²) in [6, 6.07) is 7.89. The van der Waals surface area contributed by atoms with E-state index in [2.05, 4.69) is 9.55 Å². The molecule has 0 saturated heterocycles. The minimum atomic E-state index is 0.636. The summed E-state index contributed by atoms with van der Waals surface area (Å²) < 4.78 is 7.28. The molecule has 2 aromatic rings. The second-order valence-electron chi connectivity index (χ2n) is 3.90. The number of hydrogen-bond acceptors (Lipinski definition) is 3. The molecule has 0 aliphatic rings. The largest absolute Gasteiger partial charge is 0.497 e. The van der Waals surface area contributed by atoms with Gasteiger partial charge in [0.2, 0.25) is 0 Å². The predicted octanol–water partition coefficient (Wildman–Crippen LogP) is 1.60. The van der Waals surface area contributed by atoms with E-state index in [-0.39, 0.29) is 0 Å². The van der Waals surface area contributed by atoms with Crippen molar-refractivity contribution in [3.8, 4) is 17.1 Å². The summed E-state index contributed by atoms with van der Waals surface area (Å²) in [5.41, 5.74) is 7.76. The van der Waals surface area contributed by atoms with Crippen molar-refractivity contribution in [2.24, 2.45) is 12.8 Å². The molecule has 0 aliphatic carbocycles. The van der Waals surface area contributed by atoms with Crippen molar-refractivity contribution >= 4 is 0 Å². The lowest BCUT2D eigenvalue weighted by molar-refractivity contribution is 0.415. The number of benzene rings is 1. The molecule has 0 aliphatic heterocycles. The number of rotatable bonds is 4. The Morgan fingerprint density at radius 2 is 2.24 bits per heavy atom. The predicted molar refractivity (Wildman–Crippen MR) is 68.0 cm³/mol. The van der Waals surface area contributed by atoms with Crippen LogP contribution in [-0.2, 0) is 13.5 Å². The highest BCUT2D eigenvalue weighted by atomic mass is 16.5. The van der Waals surface area contributed by atoms with Crippen LogP contribution in [0.4, 0.5) is 0 Å². The Morgan fingerprint density at radius 3 is 2.94 bits per heavy atom. The van der Waals surface area contributed by atoms with E-state index in [0.29, 0.717) is 6.54 Å². The lowest BCUT2D eigenvalue weighted by Gasteiger charge is -2.06. The van der Waals surface area contributed by atoms with Gasteiger partial charge in [-0.25, -0.2) is 4.98 Å². The summed E-state index contributed by atoms with van der Waals surface area (Å²) in [4.78, 5) is 4.43. The molecule has 0 fully saturated rings. The van der Waals surface area contributed by atoms with Crippen LogP contribution in [0.3, 0.4) is 0 Å². The van der Waals surface area contributed by atoms with Crippen molar-refractivity contribution in [2.75, 3.05) is 13.7 Å².